The summed E-state index contributed by atoms with van der Waals surface area (Å²) in [6.45, 7) is 8.55. The van der Waals surface area contributed by atoms with Crippen LogP contribution in [0.3, 0.4) is 0 Å². The van der Waals surface area contributed by atoms with Crippen LogP contribution in [0.15, 0.2) is 115 Å². The maximum Gasteiger partial charge on any atom is 0.109 e. The fourth-order valence-electron chi connectivity index (χ4n) is 3.71. The lowest BCUT2D eigenvalue weighted by atomic mass is 9.86. The molecule has 4 aromatic rings. The van der Waals surface area contributed by atoms with Crippen LogP contribution < -0.4 is 21.0 Å². The van der Waals surface area contributed by atoms with E-state index < -0.39 is 7.26 Å². The molecule has 0 aromatic heterocycles. The van der Waals surface area contributed by atoms with Crippen LogP contribution >= 0.6 is 7.26 Å². The third-order valence-electron chi connectivity index (χ3n) is 5.51. The molecule has 0 spiro atoms. The summed E-state index contributed by atoms with van der Waals surface area (Å²) in [5.41, 5.74) is 0.859. The van der Waals surface area contributed by atoms with Crippen LogP contribution in [0.4, 0.5) is 0 Å². The summed E-state index contributed by atoms with van der Waals surface area (Å²) in [5.74, 6) is 0.139. The molecule has 2 heteroatoms. The zero-order valence-electron chi connectivity index (χ0n) is 18.8. The first-order chi connectivity index (χ1) is 14.8. The fraction of sp³-hybridized carbons (Fsp3) is 0.172. The van der Waals surface area contributed by atoms with Crippen molar-refractivity contribution in [2.24, 2.45) is 0 Å². The Morgan fingerprint density at radius 1 is 0.516 bits per heavy atom. The molecule has 0 saturated heterocycles. The maximum absolute atomic E-state index is 11.3. The van der Waals surface area contributed by atoms with Gasteiger partial charge in [0, 0.05) is 0 Å². The van der Waals surface area contributed by atoms with Gasteiger partial charge in [0.2, 0.25) is 0 Å². The number of hydrogen-bond donors (Lipinski definition) is 0. The van der Waals surface area contributed by atoms with Gasteiger partial charge in [-0.1, -0.05) is 105 Å². The zero-order valence-corrected chi connectivity index (χ0v) is 19.7. The van der Waals surface area contributed by atoms with Gasteiger partial charge < -0.3 is 5.11 Å². The molecule has 0 aliphatic rings. The molecule has 0 unspecified atom stereocenters. The molecular weight excluding hydrogens is 395 g/mol. The summed E-state index contributed by atoms with van der Waals surface area (Å²) in [7, 11) is -1.53. The van der Waals surface area contributed by atoms with E-state index in [4.69, 9.17) is 0 Å². The van der Waals surface area contributed by atoms with E-state index in [9.17, 15) is 5.11 Å². The number of benzene rings is 4. The number of rotatable bonds is 3. The highest BCUT2D eigenvalue weighted by molar-refractivity contribution is 7.95. The maximum atomic E-state index is 11.3. The van der Waals surface area contributed by atoms with Crippen LogP contribution in [-0.2, 0) is 5.41 Å². The smallest absolute Gasteiger partial charge is 0.109 e. The van der Waals surface area contributed by atoms with Gasteiger partial charge in [0.25, 0.3) is 0 Å². The Hall–Kier alpha value is -2.89. The first kappa shape index (κ1) is 22.8. The van der Waals surface area contributed by atoms with E-state index in [1.165, 1.54) is 15.9 Å². The van der Waals surface area contributed by atoms with Gasteiger partial charge >= 0.3 is 0 Å². The molecule has 4 aromatic carbocycles. The van der Waals surface area contributed by atoms with Gasteiger partial charge in [-0.05, 0) is 41.8 Å². The highest BCUT2D eigenvalue weighted by Gasteiger charge is 2.39. The molecule has 0 atom stereocenters. The van der Waals surface area contributed by atoms with Crippen molar-refractivity contribution < 1.29 is 5.11 Å². The van der Waals surface area contributed by atoms with E-state index in [2.05, 4.69) is 97.7 Å². The van der Waals surface area contributed by atoms with Gasteiger partial charge in [-0.2, -0.15) is 0 Å². The molecule has 0 aliphatic carbocycles. The lowest BCUT2D eigenvalue weighted by molar-refractivity contribution is -0.270. The summed E-state index contributed by atoms with van der Waals surface area (Å²) in [4.78, 5) is 0. The normalized spacial score (nSPS) is 11.4. The summed E-state index contributed by atoms with van der Waals surface area (Å²) in [6.07, 6.45) is 0. The van der Waals surface area contributed by atoms with Crippen LogP contribution in [0.25, 0.3) is 0 Å². The van der Waals surface area contributed by atoms with E-state index in [0.717, 1.165) is 5.56 Å². The summed E-state index contributed by atoms with van der Waals surface area (Å²) < 4.78 is 0. The van der Waals surface area contributed by atoms with Crippen LogP contribution in [-0.4, -0.2) is 6.66 Å². The second-order valence-corrected chi connectivity index (χ2v) is 12.3. The third-order valence-corrected chi connectivity index (χ3v) is 9.51. The van der Waals surface area contributed by atoms with Crippen molar-refractivity contribution in [2.45, 2.75) is 26.2 Å². The topological polar surface area (TPSA) is 23.1 Å². The minimum absolute atomic E-state index is 0.0294. The molecule has 0 radical (unpaired) electrons. The van der Waals surface area contributed by atoms with Crippen LogP contribution in [0.1, 0.15) is 26.3 Å². The Labute approximate surface area is 187 Å². The molecule has 0 aliphatic heterocycles. The zero-order chi connectivity index (χ0) is 22.3. The van der Waals surface area contributed by atoms with Gasteiger partial charge in [0.1, 0.15) is 23.2 Å². The quantitative estimate of drug-likeness (QED) is 0.387. The van der Waals surface area contributed by atoms with Crippen LogP contribution in [0, 0.1) is 0 Å². The fourth-order valence-corrected chi connectivity index (χ4v) is 6.91. The summed E-state index contributed by atoms with van der Waals surface area (Å²) in [6, 6.07) is 39.8. The van der Waals surface area contributed by atoms with Crippen molar-refractivity contribution in [1.29, 1.82) is 0 Å². The minimum Gasteiger partial charge on any atom is -0.872 e. The van der Waals surface area contributed by atoms with E-state index >= 15 is 0 Å². The molecule has 0 amide bonds. The molecule has 4 rings (SSSR count). The molecule has 1 nitrogen and oxygen atoms in total. The van der Waals surface area contributed by atoms with Crippen molar-refractivity contribution in [2.75, 3.05) is 6.66 Å². The Morgan fingerprint density at radius 3 is 1.13 bits per heavy atom. The lowest BCUT2D eigenvalue weighted by Crippen LogP contribution is -2.30. The van der Waals surface area contributed by atoms with Crippen molar-refractivity contribution in [1.82, 2.24) is 0 Å². The van der Waals surface area contributed by atoms with E-state index in [0.29, 0.717) is 0 Å². The molecular formula is C29H31OP. The van der Waals surface area contributed by atoms with Gasteiger partial charge in [-0.3, -0.25) is 0 Å². The molecule has 0 fully saturated rings. The van der Waals surface area contributed by atoms with E-state index in [1.807, 2.05) is 32.9 Å². The van der Waals surface area contributed by atoms with E-state index in [1.54, 1.807) is 12.1 Å². The van der Waals surface area contributed by atoms with Gasteiger partial charge in [0.15, 0.2) is 0 Å². The minimum atomic E-state index is -1.53. The molecule has 31 heavy (non-hydrogen) atoms. The van der Waals surface area contributed by atoms with Crippen LogP contribution in [0.5, 0.6) is 5.75 Å². The SMILES string of the molecule is CC(C)(C)c1ccccc1[O-].C[P+](c1ccccc1)(c1ccccc1)c1ccccc1. The van der Waals surface area contributed by atoms with Crippen molar-refractivity contribution >= 4 is 23.2 Å². The largest absolute Gasteiger partial charge is 0.872 e. The molecule has 158 valence electrons. The monoisotopic (exact) mass is 426 g/mol. The Kier molecular flexibility index (Phi) is 7.31. The standard InChI is InChI=1S/C19H18P.C10H14O/c1-20(17-11-5-2-6-12-17,18-13-7-3-8-14-18)19-15-9-4-10-16-19;1-10(2,3)8-6-4-5-7-9(8)11/h2-16H,1H3;4-7,11H,1-3H3/q+1;/p-1. The Morgan fingerprint density at radius 2 is 0.839 bits per heavy atom. The van der Waals surface area contributed by atoms with Crippen molar-refractivity contribution in [3.8, 4) is 5.75 Å². The first-order valence-corrected chi connectivity index (χ1v) is 12.9. The molecule has 0 saturated carbocycles. The predicted molar refractivity (Wildman–Crippen MR) is 136 cm³/mol. The summed E-state index contributed by atoms with van der Waals surface area (Å²) in [5, 5.41) is 15.6. The number of hydrogen-bond acceptors (Lipinski definition) is 1. The predicted octanol–water partition coefficient (Wildman–Crippen LogP) is 5.67. The Bertz CT molecular complexity index is 971. The number of para-hydroxylation sites is 1. The second-order valence-electron chi connectivity index (χ2n) is 8.76. The first-order valence-electron chi connectivity index (χ1n) is 10.6. The molecule has 0 heterocycles. The van der Waals surface area contributed by atoms with Gasteiger partial charge in [-0.15, -0.1) is 5.75 Å². The summed E-state index contributed by atoms with van der Waals surface area (Å²) >= 11 is 0. The van der Waals surface area contributed by atoms with Gasteiger partial charge in [-0.25, -0.2) is 0 Å². The van der Waals surface area contributed by atoms with E-state index in [-0.39, 0.29) is 11.2 Å². The van der Waals surface area contributed by atoms with Crippen molar-refractivity contribution in [3.63, 3.8) is 0 Å². The lowest BCUT2D eigenvalue weighted by Gasteiger charge is -2.25. The average Bonchev–Trinajstić information content (AvgIpc) is 2.80. The molecule has 0 N–H and O–H groups in total. The third kappa shape index (κ3) is 5.43. The average molecular weight is 427 g/mol. The molecule has 0 bridgehead atoms. The Balaban J connectivity index is 0.000000210. The van der Waals surface area contributed by atoms with Crippen molar-refractivity contribution in [3.05, 3.63) is 121 Å². The second kappa shape index (κ2) is 9.94. The highest BCUT2D eigenvalue weighted by atomic mass is 31.2. The van der Waals surface area contributed by atoms with Gasteiger partial charge in [0.05, 0.1) is 6.66 Å². The van der Waals surface area contributed by atoms with Crippen LogP contribution in [0.2, 0.25) is 0 Å². The highest BCUT2D eigenvalue weighted by Crippen LogP contribution is 2.51.